The molecule has 0 saturated heterocycles. The van der Waals surface area contributed by atoms with E-state index in [0.717, 1.165) is 24.9 Å². The predicted molar refractivity (Wildman–Crippen MR) is 95.2 cm³/mol. The van der Waals surface area contributed by atoms with Gasteiger partial charge in [-0.05, 0) is 38.0 Å². The molecule has 0 spiro atoms. The molecule has 1 aliphatic carbocycles. The third-order valence-electron chi connectivity index (χ3n) is 4.53. The number of carbonyl (C=O) groups is 2. The van der Waals surface area contributed by atoms with Gasteiger partial charge in [-0.1, -0.05) is 25.3 Å². The first-order valence-electron chi connectivity index (χ1n) is 8.58. The van der Waals surface area contributed by atoms with Gasteiger partial charge in [0.05, 0.1) is 11.6 Å². The van der Waals surface area contributed by atoms with Crippen LogP contribution in [-0.4, -0.2) is 37.6 Å². The van der Waals surface area contributed by atoms with E-state index in [1.54, 1.807) is 18.2 Å². The fourth-order valence-corrected chi connectivity index (χ4v) is 2.95. The largest absolute Gasteiger partial charge is 0.449 e. The minimum atomic E-state index is -0.956. The van der Waals surface area contributed by atoms with Gasteiger partial charge in [0.2, 0.25) is 0 Å². The topological polar surface area (TPSA) is 82.4 Å². The van der Waals surface area contributed by atoms with Crippen LogP contribution in [0.2, 0.25) is 0 Å². The van der Waals surface area contributed by atoms with Crippen LogP contribution in [0.5, 0.6) is 0 Å². The van der Waals surface area contributed by atoms with Crippen LogP contribution < -0.4 is 10.2 Å². The molecule has 1 aromatic rings. The van der Waals surface area contributed by atoms with E-state index in [0.29, 0.717) is 18.4 Å². The van der Waals surface area contributed by atoms with Gasteiger partial charge < -0.3 is 15.0 Å². The molecular formula is C19H25N3O3. The highest BCUT2D eigenvalue weighted by Gasteiger charge is 2.35. The molecule has 25 heavy (non-hydrogen) atoms. The number of carbonyl (C=O) groups excluding carboxylic acids is 2. The Kier molecular flexibility index (Phi) is 6.02. The van der Waals surface area contributed by atoms with Crippen molar-refractivity contribution in [2.24, 2.45) is 0 Å². The first-order chi connectivity index (χ1) is 11.9. The number of ether oxygens (including phenoxy) is 1. The van der Waals surface area contributed by atoms with Crippen LogP contribution in [0.1, 0.15) is 49.4 Å². The molecule has 1 aliphatic rings. The first-order valence-corrected chi connectivity index (χ1v) is 8.58. The van der Waals surface area contributed by atoms with E-state index in [1.807, 2.05) is 25.1 Å². The van der Waals surface area contributed by atoms with Gasteiger partial charge in [0, 0.05) is 19.8 Å². The van der Waals surface area contributed by atoms with Crippen molar-refractivity contribution in [1.82, 2.24) is 5.32 Å². The standard InChI is InChI=1S/C19H25N3O3/c1-14(17(23)21-19(13-20)10-5-4-6-11-19)25-18(24)15-8-7-9-16(12-15)22(2)3/h7-9,12,14H,4-6,10-11H2,1-3H3,(H,21,23). The molecule has 0 aliphatic heterocycles. The summed E-state index contributed by atoms with van der Waals surface area (Å²) in [5.41, 5.74) is 0.427. The Bertz CT molecular complexity index is 673. The van der Waals surface area contributed by atoms with Gasteiger partial charge in [0.15, 0.2) is 6.10 Å². The average molecular weight is 343 g/mol. The molecule has 6 nitrogen and oxygen atoms in total. The van der Waals surface area contributed by atoms with E-state index >= 15 is 0 Å². The number of rotatable bonds is 5. The summed E-state index contributed by atoms with van der Waals surface area (Å²) in [6.45, 7) is 1.52. The van der Waals surface area contributed by atoms with Crippen LogP contribution in [0.3, 0.4) is 0 Å². The molecule has 6 heteroatoms. The zero-order valence-corrected chi connectivity index (χ0v) is 15.0. The van der Waals surface area contributed by atoms with Crippen molar-refractivity contribution >= 4 is 17.6 Å². The Morgan fingerprint density at radius 1 is 1.28 bits per heavy atom. The number of anilines is 1. The van der Waals surface area contributed by atoms with E-state index in [1.165, 1.54) is 6.92 Å². The van der Waals surface area contributed by atoms with Crippen molar-refractivity contribution in [3.63, 3.8) is 0 Å². The lowest BCUT2D eigenvalue weighted by atomic mass is 9.83. The molecule has 0 aromatic heterocycles. The molecule has 1 N–H and O–H groups in total. The van der Waals surface area contributed by atoms with Crippen LogP contribution in [0.25, 0.3) is 0 Å². The summed E-state index contributed by atoms with van der Waals surface area (Å²) < 4.78 is 5.29. The summed E-state index contributed by atoms with van der Waals surface area (Å²) in [7, 11) is 3.76. The summed E-state index contributed by atoms with van der Waals surface area (Å²) >= 11 is 0. The SMILES string of the molecule is CC(OC(=O)c1cccc(N(C)C)c1)C(=O)NC1(C#N)CCCCC1. The van der Waals surface area contributed by atoms with Crippen LogP contribution in [0.4, 0.5) is 5.69 Å². The molecule has 1 fully saturated rings. The molecular weight excluding hydrogens is 318 g/mol. The highest BCUT2D eigenvalue weighted by atomic mass is 16.5. The normalized spacial score (nSPS) is 17.0. The number of nitrogens with one attached hydrogen (secondary N) is 1. The van der Waals surface area contributed by atoms with E-state index in [-0.39, 0.29) is 0 Å². The number of benzene rings is 1. The van der Waals surface area contributed by atoms with Crippen molar-refractivity contribution < 1.29 is 14.3 Å². The van der Waals surface area contributed by atoms with Gasteiger partial charge >= 0.3 is 5.97 Å². The van der Waals surface area contributed by atoms with Gasteiger partial charge in [-0.25, -0.2) is 4.79 Å². The number of esters is 1. The number of amides is 1. The summed E-state index contributed by atoms with van der Waals surface area (Å²) in [5.74, 6) is -0.985. The molecule has 1 amide bonds. The zero-order chi connectivity index (χ0) is 18.4. The van der Waals surface area contributed by atoms with Crippen LogP contribution in [0, 0.1) is 11.3 Å². The van der Waals surface area contributed by atoms with Crippen molar-refractivity contribution in [2.75, 3.05) is 19.0 Å². The second-order valence-electron chi connectivity index (χ2n) is 6.74. The molecule has 1 atom stereocenters. The second kappa shape index (κ2) is 8.02. The first kappa shape index (κ1) is 18.8. The Morgan fingerprint density at radius 2 is 1.96 bits per heavy atom. The van der Waals surface area contributed by atoms with Crippen LogP contribution >= 0.6 is 0 Å². The van der Waals surface area contributed by atoms with E-state index in [2.05, 4.69) is 11.4 Å². The Hall–Kier alpha value is -2.55. The summed E-state index contributed by atoms with van der Waals surface area (Å²) in [6.07, 6.45) is 3.23. The zero-order valence-electron chi connectivity index (χ0n) is 15.0. The second-order valence-corrected chi connectivity index (χ2v) is 6.74. The molecule has 0 bridgehead atoms. The lowest BCUT2D eigenvalue weighted by Crippen LogP contribution is -2.52. The highest BCUT2D eigenvalue weighted by molar-refractivity contribution is 5.93. The van der Waals surface area contributed by atoms with Crippen LogP contribution in [0.15, 0.2) is 24.3 Å². The maximum Gasteiger partial charge on any atom is 0.338 e. The Morgan fingerprint density at radius 3 is 2.56 bits per heavy atom. The van der Waals surface area contributed by atoms with Crippen LogP contribution in [-0.2, 0) is 9.53 Å². The molecule has 2 rings (SSSR count). The van der Waals surface area contributed by atoms with Gasteiger partial charge in [-0.15, -0.1) is 0 Å². The van der Waals surface area contributed by atoms with E-state index < -0.39 is 23.5 Å². The third-order valence-corrected chi connectivity index (χ3v) is 4.53. The van der Waals surface area contributed by atoms with Gasteiger partial charge in [-0.2, -0.15) is 5.26 Å². The average Bonchev–Trinajstić information content (AvgIpc) is 2.62. The number of nitrogens with zero attached hydrogens (tertiary/aromatic N) is 2. The quantitative estimate of drug-likeness (QED) is 0.831. The summed E-state index contributed by atoms with van der Waals surface area (Å²) in [6, 6.07) is 9.24. The van der Waals surface area contributed by atoms with Gasteiger partial charge in [0.25, 0.3) is 5.91 Å². The Balaban J connectivity index is 1.99. The molecule has 1 unspecified atom stereocenters. The van der Waals surface area contributed by atoms with Crippen molar-refractivity contribution in [3.8, 4) is 6.07 Å². The highest BCUT2D eigenvalue weighted by Crippen LogP contribution is 2.27. The predicted octanol–water partition coefficient (Wildman–Crippen LogP) is 2.64. The number of hydrogen-bond donors (Lipinski definition) is 1. The van der Waals surface area contributed by atoms with Gasteiger partial charge in [0.1, 0.15) is 5.54 Å². The number of hydrogen-bond acceptors (Lipinski definition) is 5. The maximum atomic E-state index is 12.4. The van der Waals surface area contributed by atoms with Gasteiger partial charge in [-0.3, -0.25) is 4.79 Å². The molecule has 0 heterocycles. The minimum Gasteiger partial charge on any atom is -0.449 e. The van der Waals surface area contributed by atoms with Crippen molar-refractivity contribution in [1.29, 1.82) is 5.26 Å². The fraction of sp³-hybridized carbons (Fsp3) is 0.526. The van der Waals surface area contributed by atoms with Crippen molar-refractivity contribution in [3.05, 3.63) is 29.8 Å². The molecule has 1 aromatic carbocycles. The maximum absolute atomic E-state index is 12.4. The van der Waals surface area contributed by atoms with Crippen molar-refractivity contribution in [2.45, 2.75) is 50.7 Å². The minimum absolute atomic E-state index is 0.388. The summed E-state index contributed by atoms with van der Waals surface area (Å²) in [5, 5.41) is 12.2. The summed E-state index contributed by atoms with van der Waals surface area (Å²) in [4.78, 5) is 26.5. The molecule has 134 valence electrons. The lowest BCUT2D eigenvalue weighted by Gasteiger charge is -2.32. The molecule has 1 saturated carbocycles. The Labute approximate surface area is 148 Å². The monoisotopic (exact) mass is 343 g/mol. The fourth-order valence-electron chi connectivity index (χ4n) is 2.95. The van der Waals surface area contributed by atoms with E-state index in [9.17, 15) is 14.9 Å². The third kappa shape index (κ3) is 4.72. The smallest absolute Gasteiger partial charge is 0.338 e. The van der Waals surface area contributed by atoms with E-state index in [4.69, 9.17) is 4.74 Å². The lowest BCUT2D eigenvalue weighted by molar-refractivity contribution is -0.130. The molecule has 0 radical (unpaired) electrons. The number of nitriles is 1.